The van der Waals surface area contributed by atoms with E-state index in [1.54, 1.807) is 41.8 Å². The van der Waals surface area contributed by atoms with Gasteiger partial charge in [0.15, 0.2) is 6.61 Å². The number of nitrogens with zero attached hydrogens (tertiary/aromatic N) is 2. The summed E-state index contributed by atoms with van der Waals surface area (Å²) < 4.78 is 32.2. The van der Waals surface area contributed by atoms with Gasteiger partial charge in [-0.15, -0.1) is 11.3 Å². The number of hydrogen-bond donors (Lipinski definition) is 1. The molecule has 1 aliphatic carbocycles. The molecule has 1 N–H and O–H groups in total. The van der Waals surface area contributed by atoms with Crippen molar-refractivity contribution in [3.63, 3.8) is 0 Å². The van der Waals surface area contributed by atoms with E-state index in [9.17, 15) is 13.2 Å². The number of ether oxygens (including phenoxy) is 1. The van der Waals surface area contributed by atoms with Crippen molar-refractivity contribution in [1.29, 1.82) is 0 Å². The number of rotatable bonds is 10. The topological polar surface area (TPSA) is 79.0 Å². The van der Waals surface area contributed by atoms with E-state index < -0.39 is 10.0 Å². The fraction of sp³-hybridized carbons (Fsp3) is 0.450. The maximum absolute atomic E-state index is 12.6. The van der Waals surface area contributed by atoms with E-state index >= 15 is 0 Å². The van der Waals surface area contributed by atoms with Crippen molar-refractivity contribution in [2.75, 3.05) is 31.6 Å². The number of anilines is 1. The first kappa shape index (κ1) is 21.6. The fourth-order valence-electron chi connectivity index (χ4n) is 2.88. The Kier molecular flexibility index (Phi) is 6.81. The van der Waals surface area contributed by atoms with Crippen LogP contribution in [0.1, 0.15) is 19.8 Å². The Balaban J connectivity index is 1.48. The summed E-state index contributed by atoms with van der Waals surface area (Å²) in [6.07, 6.45) is 2.47. The van der Waals surface area contributed by atoms with E-state index in [-0.39, 0.29) is 18.6 Å². The summed E-state index contributed by atoms with van der Waals surface area (Å²) in [5.74, 6) is 0.330. The molecule has 0 radical (unpaired) electrons. The number of nitrogens with one attached hydrogen (secondary N) is 1. The second-order valence-corrected chi connectivity index (χ2v) is 10.4. The van der Waals surface area contributed by atoms with Gasteiger partial charge in [-0.2, -0.15) is 0 Å². The van der Waals surface area contributed by atoms with Gasteiger partial charge in [-0.1, -0.05) is 6.07 Å². The summed E-state index contributed by atoms with van der Waals surface area (Å²) in [6.45, 7) is 2.60. The predicted octanol–water partition coefficient (Wildman–Crippen LogP) is 2.55. The third-order valence-electron chi connectivity index (χ3n) is 5.09. The number of thiophene rings is 1. The molecule has 1 aromatic carbocycles. The molecule has 0 aliphatic heterocycles. The van der Waals surface area contributed by atoms with E-state index in [1.807, 2.05) is 0 Å². The smallest absolute Gasteiger partial charge is 0.273 e. The van der Waals surface area contributed by atoms with Gasteiger partial charge in [0.1, 0.15) is 9.96 Å². The van der Waals surface area contributed by atoms with Crippen molar-refractivity contribution in [3.8, 4) is 5.75 Å². The van der Waals surface area contributed by atoms with E-state index in [1.165, 1.54) is 35.5 Å². The zero-order valence-electron chi connectivity index (χ0n) is 16.9. The highest BCUT2D eigenvalue weighted by atomic mass is 32.2. The van der Waals surface area contributed by atoms with Crippen molar-refractivity contribution in [1.82, 2.24) is 10.2 Å². The number of sulfonamides is 1. The lowest BCUT2D eigenvalue weighted by Crippen LogP contribution is -2.42. The number of benzene rings is 1. The van der Waals surface area contributed by atoms with Gasteiger partial charge >= 0.3 is 0 Å². The lowest BCUT2D eigenvalue weighted by Gasteiger charge is -2.24. The first-order valence-electron chi connectivity index (χ1n) is 9.53. The Hall–Kier alpha value is -2.10. The minimum atomic E-state index is -3.57. The molecule has 1 atom stereocenters. The van der Waals surface area contributed by atoms with Gasteiger partial charge in [0.25, 0.3) is 15.9 Å². The van der Waals surface area contributed by atoms with Crippen LogP contribution in [0.3, 0.4) is 0 Å². The van der Waals surface area contributed by atoms with Crippen LogP contribution in [0.15, 0.2) is 46.0 Å². The van der Waals surface area contributed by atoms with Crippen molar-refractivity contribution < 1.29 is 17.9 Å². The third kappa shape index (κ3) is 5.49. The molecule has 1 unspecified atom stereocenters. The largest absolute Gasteiger partial charge is 0.484 e. The first-order valence-corrected chi connectivity index (χ1v) is 11.8. The number of hydrogen-bond acceptors (Lipinski definition) is 6. The monoisotopic (exact) mass is 437 g/mol. The lowest BCUT2D eigenvalue weighted by atomic mass is 10.3. The molecule has 1 heterocycles. The highest BCUT2D eigenvalue weighted by Gasteiger charge is 2.29. The zero-order chi connectivity index (χ0) is 21.0. The highest BCUT2D eigenvalue weighted by Crippen LogP contribution is 2.27. The third-order valence-corrected chi connectivity index (χ3v) is 8.25. The SMILES string of the molecule is CC(CNC(=O)COc1ccc(N(C)S(=O)(=O)c2cccs2)cc1)N(C)C1CC1. The lowest BCUT2D eigenvalue weighted by molar-refractivity contribution is -0.123. The quantitative estimate of drug-likeness (QED) is 0.618. The molecule has 0 saturated heterocycles. The van der Waals surface area contributed by atoms with E-state index in [0.717, 1.165) is 0 Å². The molecule has 2 aromatic rings. The molecule has 158 valence electrons. The molecule has 0 bridgehead atoms. The molecule has 1 fully saturated rings. The van der Waals surface area contributed by atoms with Gasteiger partial charge < -0.3 is 10.1 Å². The van der Waals surface area contributed by atoms with Crippen molar-refractivity contribution in [2.45, 2.75) is 36.1 Å². The van der Waals surface area contributed by atoms with Crippen molar-refractivity contribution in [2.24, 2.45) is 0 Å². The summed E-state index contributed by atoms with van der Waals surface area (Å²) in [5, 5.41) is 4.62. The summed E-state index contributed by atoms with van der Waals surface area (Å²) in [4.78, 5) is 14.3. The molecule has 1 saturated carbocycles. The Bertz CT molecular complexity index is 910. The van der Waals surface area contributed by atoms with Crippen LogP contribution in [-0.4, -0.2) is 58.6 Å². The second kappa shape index (κ2) is 9.15. The normalized spacial score (nSPS) is 15.2. The molecule has 7 nitrogen and oxygen atoms in total. The summed E-state index contributed by atoms with van der Waals surface area (Å²) in [6, 6.07) is 10.9. The van der Waals surface area contributed by atoms with Crippen LogP contribution in [0, 0.1) is 0 Å². The van der Waals surface area contributed by atoms with Gasteiger partial charge in [0.05, 0.1) is 5.69 Å². The Labute approximate surface area is 176 Å². The minimum Gasteiger partial charge on any atom is -0.484 e. The van der Waals surface area contributed by atoms with E-state index in [2.05, 4.69) is 24.2 Å². The summed E-state index contributed by atoms with van der Waals surface area (Å²) >= 11 is 1.18. The molecular weight excluding hydrogens is 410 g/mol. The second-order valence-electron chi connectivity index (χ2n) is 7.24. The van der Waals surface area contributed by atoms with Crippen LogP contribution in [0.2, 0.25) is 0 Å². The molecule has 29 heavy (non-hydrogen) atoms. The van der Waals surface area contributed by atoms with E-state index in [0.29, 0.717) is 28.2 Å². The molecule has 3 rings (SSSR count). The van der Waals surface area contributed by atoms with Gasteiger partial charge in [-0.05, 0) is 62.5 Å². The van der Waals surface area contributed by atoms with Crippen LogP contribution in [0.5, 0.6) is 5.75 Å². The number of likely N-dealkylation sites (N-methyl/N-ethyl adjacent to an activating group) is 1. The van der Waals surface area contributed by atoms with Crippen LogP contribution < -0.4 is 14.4 Å². The van der Waals surface area contributed by atoms with Crippen molar-refractivity contribution in [3.05, 3.63) is 41.8 Å². The van der Waals surface area contributed by atoms with Gasteiger partial charge in [0.2, 0.25) is 0 Å². The standard InChI is InChI=1S/C20H27N3O4S2/c1-15(22(2)16-6-7-16)13-21-19(24)14-27-18-10-8-17(9-11-18)23(3)29(25,26)20-5-4-12-28-20/h4-5,8-12,15-16H,6-7,13-14H2,1-3H3,(H,21,24). The molecule has 1 aliphatic rings. The number of amides is 1. The first-order chi connectivity index (χ1) is 13.8. The van der Waals surface area contributed by atoms with Gasteiger partial charge in [0, 0.05) is 25.7 Å². The van der Waals surface area contributed by atoms with E-state index in [4.69, 9.17) is 4.74 Å². The Morgan fingerprint density at radius 1 is 1.24 bits per heavy atom. The van der Waals surface area contributed by atoms with Crippen LogP contribution >= 0.6 is 11.3 Å². The predicted molar refractivity (Wildman–Crippen MR) is 115 cm³/mol. The van der Waals surface area contributed by atoms with Crippen LogP contribution in [-0.2, 0) is 14.8 Å². The molecule has 1 amide bonds. The molecular formula is C20H27N3O4S2. The average molecular weight is 438 g/mol. The van der Waals surface area contributed by atoms with Gasteiger partial charge in [-0.3, -0.25) is 14.0 Å². The zero-order valence-corrected chi connectivity index (χ0v) is 18.5. The molecule has 0 spiro atoms. The Morgan fingerprint density at radius 3 is 2.52 bits per heavy atom. The summed E-state index contributed by atoms with van der Waals surface area (Å²) in [5.41, 5.74) is 0.520. The van der Waals surface area contributed by atoms with Crippen LogP contribution in [0.25, 0.3) is 0 Å². The number of carbonyl (C=O) groups is 1. The number of carbonyl (C=O) groups excluding carboxylic acids is 1. The average Bonchev–Trinajstić information content (AvgIpc) is 3.42. The fourth-order valence-corrected chi connectivity index (χ4v) is 5.24. The summed E-state index contributed by atoms with van der Waals surface area (Å²) in [7, 11) is 0.0289. The minimum absolute atomic E-state index is 0.0808. The highest BCUT2D eigenvalue weighted by molar-refractivity contribution is 7.94. The maximum Gasteiger partial charge on any atom is 0.273 e. The Morgan fingerprint density at radius 2 is 1.93 bits per heavy atom. The molecule has 1 aromatic heterocycles. The molecule has 9 heteroatoms. The van der Waals surface area contributed by atoms with Crippen molar-refractivity contribution >= 4 is 33.0 Å². The maximum atomic E-state index is 12.6. The van der Waals surface area contributed by atoms with Crippen LogP contribution in [0.4, 0.5) is 5.69 Å². The van der Waals surface area contributed by atoms with Gasteiger partial charge in [-0.25, -0.2) is 8.42 Å².